The molecule has 0 amide bonds. The lowest BCUT2D eigenvalue weighted by Crippen LogP contribution is -2.28. The number of fused-ring (bicyclic) bond motifs is 1. The molecule has 0 spiro atoms. The predicted octanol–water partition coefficient (Wildman–Crippen LogP) is 1.47. The number of amidine groups is 1. The summed E-state index contributed by atoms with van der Waals surface area (Å²) in [5.74, 6) is 0.930. The molecule has 0 saturated carbocycles. The number of methoxy groups -OCH3 is 1. The summed E-state index contributed by atoms with van der Waals surface area (Å²) in [6.45, 7) is -0.0729. The maximum absolute atomic E-state index is 12.2. The SMILES string of the molecule is COc1ccc(C=NN(CCO)C2=NS(=O)(=O)c3ccccc32)cc1. The van der Waals surface area contributed by atoms with Gasteiger partial charge in [-0.25, -0.2) is 5.01 Å². The standard InChI is InChI=1S/C17H17N3O4S/c1-24-14-8-6-13(7-9-14)12-18-20(10-11-21)17-15-4-2-3-5-16(15)25(22,23)19-17/h2-9,12,21H,10-11H2,1H3. The molecule has 130 valence electrons. The number of sulfonamides is 1. The van der Waals surface area contributed by atoms with Gasteiger partial charge in [0.25, 0.3) is 10.0 Å². The summed E-state index contributed by atoms with van der Waals surface area (Å²) in [7, 11) is -2.15. The van der Waals surface area contributed by atoms with Crippen LogP contribution in [-0.4, -0.2) is 50.8 Å². The molecule has 8 heteroatoms. The molecular formula is C17H17N3O4S. The molecule has 0 unspecified atom stereocenters. The van der Waals surface area contributed by atoms with E-state index in [0.717, 1.165) is 11.3 Å². The van der Waals surface area contributed by atoms with Gasteiger partial charge in [-0.2, -0.15) is 13.5 Å². The fourth-order valence-corrected chi connectivity index (χ4v) is 3.62. The van der Waals surface area contributed by atoms with Gasteiger partial charge < -0.3 is 9.84 Å². The van der Waals surface area contributed by atoms with Crippen LogP contribution in [0.25, 0.3) is 0 Å². The van der Waals surface area contributed by atoms with E-state index in [9.17, 15) is 13.5 Å². The first-order chi connectivity index (χ1) is 12.0. The van der Waals surface area contributed by atoms with Crippen molar-refractivity contribution in [3.8, 4) is 5.75 Å². The van der Waals surface area contributed by atoms with Crippen molar-refractivity contribution in [3.63, 3.8) is 0 Å². The molecule has 0 aromatic heterocycles. The van der Waals surface area contributed by atoms with Gasteiger partial charge in [0.05, 0.1) is 26.5 Å². The highest BCUT2D eigenvalue weighted by Crippen LogP contribution is 2.27. The van der Waals surface area contributed by atoms with Crippen LogP contribution in [0.3, 0.4) is 0 Å². The highest BCUT2D eigenvalue weighted by atomic mass is 32.2. The number of benzene rings is 2. The van der Waals surface area contributed by atoms with Crippen molar-refractivity contribution >= 4 is 22.1 Å². The first kappa shape index (κ1) is 17.1. The average molecular weight is 359 g/mol. The summed E-state index contributed by atoms with van der Waals surface area (Å²) >= 11 is 0. The number of rotatable bonds is 5. The lowest BCUT2D eigenvalue weighted by molar-refractivity contribution is 0.254. The molecule has 25 heavy (non-hydrogen) atoms. The Morgan fingerprint density at radius 3 is 2.60 bits per heavy atom. The average Bonchev–Trinajstić information content (AvgIpc) is 2.91. The van der Waals surface area contributed by atoms with Gasteiger partial charge in [0.15, 0.2) is 5.84 Å². The Morgan fingerprint density at radius 2 is 1.92 bits per heavy atom. The maximum Gasteiger partial charge on any atom is 0.285 e. The summed E-state index contributed by atoms with van der Waals surface area (Å²) in [6, 6.07) is 13.8. The Morgan fingerprint density at radius 1 is 1.20 bits per heavy atom. The van der Waals surface area contributed by atoms with Gasteiger partial charge in [0, 0.05) is 5.56 Å². The summed E-state index contributed by atoms with van der Waals surface area (Å²) in [5, 5.41) is 15.0. The Labute approximate surface area is 145 Å². The molecule has 0 atom stereocenters. The summed E-state index contributed by atoms with van der Waals surface area (Å²) in [6.07, 6.45) is 1.57. The van der Waals surface area contributed by atoms with Crippen LogP contribution in [0.2, 0.25) is 0 Å². The minimum absolute atomic E-state index is 0.120. The highest BCUT2D eigenvalue weighted by molar-refractivity contribution is 7.90. The number of ether oxygens (including phenoxy) is 1. The van der Waals surface area contributed by atoms with Crippen LogP contribution in [0.5, 0.6) is 5.75 Å². The van der Waals surface area contributed by atoms with E-state index in [1.54, 1.807) is 43.7 Å². The van der Waals surface area contributed by atoms with Crippen molar-refractivity contribution in [1.29, 1.82) is 0 Å². The van der Waals surface area contributed by atoms with Crippen LogP contribution in [0.4, 0.5) is 0 Å². The molecule has 1 aliphatic heterocycles. The van der Waals surface area contributed by atoms with Crippen molar-refractivity contribution in [2.45, 2.75) is 4.90 Å². The Balaban J connectivity index is 1.93. The van der Waals surface area contributed by atoms with Crippen molar-refractivity contribution in [1.82, 2.24) is 5.01 Å². The molecule has 1 N–H and O–H groups in total. The van der Waals surface area contributed by atoms with E-state index in [0.29, 0.717) is 5.56 Å². The van der Waals surface area contributed by atoms with Gasteiger partial charge in [0.2, 0.25) is 0 Å². The minimum atomic E-state index is -3.74. The molecule has 7 nitrogen and oxygen atoms in total. The molecule has 0 radical (unpaired) electrons. The summed E-state index contributed by atoms with van der Waals surface area (Å²) in [4.78, 5) is 0.146. The lowest BCUT2D eigenvalue weighted by atomic mass is 10.2. The normalized spacial score (nSPS) is 15.0. The maximum atomic E-state index is 12.2. The Kier molecular flexibility index (Phi) is 4.82. The smallest absolute Gasteiger partial charge is 0.285 e. The molecule has 0 saturated heterocycles. The van der Waals surface area contributed by atoms with Crippen LogP contribution < -0.4 is 4.74 Å². The predicted molar refractivity (Wildman–Crippen MR) is 94.5 cm³/mol. The zero-order valence-electron chi connectivity index (χ0n) is 13.5. The number of hydrogen-bond acceptors (Lipinski definition) is 6. The molecule has 2 aromatic rings. The summed E-state index contributed by atoms with van der Waals surface area (Å²) < 4.78 is 33.3. The number of nitrogens with zero attached hydrogens (tertiary/aromatic N) is 3. The monoisotopic (exact) mass is 359 g/mol. The van der Waals surface area contributed by atoms with Crippen LogP contribution >= 0.6 is 0 Å². The lowest BCUT2D eigenvalue weighted by Gasteiger charge is -2.17. The van der Waals surface area contributed by atoms with Gasteiger partial charge in [-0.3, -0.25) is 0 Å². The van der Waals surface area contributed by atoms with Crippen molar-refractivity contribution in [3.05, 3.63) is 59.7 Å². The van der Waals surface area contributed by atoms with E-state index in [1.807, 2.05) is 12.1 Å². The topological polar surface area (TPSA) is 91.6 Å². The van der Waals surface area contributed by atoms with E-state index in [-0.39, 0.29) is 23.9 Å². The molecular weight excluding hydrogens is 342 g/mol. The molecule has 0 aliphatic carbocycles. The molecule has 0 fully saturated rings. The zero-order valence-corrected chi connectivity index (χ0v) is 14.3. The Bertz CT molecular complexity index is 921. The third-order valence-electron chi connectivity index (χ3n) is 3.63. The van der Waals surface area contributed by atoms with Gasteiger partial charge >= 0.3 is 0 Å². The van der Waals surface area contributed by atoms with E-state index in [4.69, 9.17) is 4.74 Å². The van der Waals surface area contributed by atoms with Gasteiger partial charge in [-0.15, -0.1) is 4.40 Å². The largest absolute Gasteiger partial charge is 0.497 e. The molecule has 3 rings (SSSR count). The second-order valence-corrected chi connectivity index (χ2v) is 6.82. The number of aliphatic hydroxyl groups excluding tert-OH is 1. The van der Waals surface area contributed by atoms with Gasteiger partial charge in [-0.05, 0) is 42.0 Å². The number of aliphatic hydroxyl groups is 1. The number of hydrogen-bond donors (Lipinski definition) is 1. The fraction of sp³-hybridized carbons (Fsp3) is 0.176. The zero-order chi connectivity index (χ0) is 17.9. The molecule has 1 heterocycles. The van der Waals surface area contributed by atoms with Gasteiger partial charge in [-0.1, -0.05) is 12.1 Å². The van der Waals surface area contributed by atoms with Crippen LogP contribution in [0.1, 0.15) is 11.1 Å². The second kappa shape index (κ2) is 7.04. The number of hydrazone groups is 1. The van der Waals surface area contributed by atoms with E-state index in [1.165, 1.54) is 11.1 Å². The molecule has 0 bridgehead atoms. The van der Waals surface area contributed by atoms with Crippen LogP contribution in [-0.2, 0) is 10.0 Å². The Hall–Kier alpha value is -2.71. The van der Waals surface area contributed by atoms with Crippen molar-refractivity contribution < 1.29 is 18.3 Å². The molecule has 2 aromatic carbocycles. The molecule has 1 aliphatic rings. The first-order valence-electron chi connectivity index (χ1n) is 7.56. The highest BCUT2D eigenvalue weighted by Gasteiger charge is 2.31. The van der Waals surface area contributed by atoms with Gasteiger partial charge in [0.1, 0.15) is 10.6 Å². The van der Waals surface area contributed by atoms with Crippen molar-refractivity contribution in [2.24, 2.45) is 9.50 Å². The van der Waals surface area contributed by atoms with E-state index >= 15 is 0 Å². The fourth-order valence-electron chi connectivity index (χ4n) is 2.41. The van der Waals surface area contributed by atoms with E-state index in [2.05, 4.69) is 9.50 Å². The second-order valence-electron chi connectivity index (χ2n) is 5.25. The van der Waals surface area contributed by atoms with E-state index < -0.39 is 10.0 Å². The minimum Gasteiger partial charge on any atom is -0.497 e. The van der Waals surface area contributed by atoms with Crippen LogP contribution in [0, 0.1) is 0 Å². The van der Waals surface area contributed by atoms with Crippen LogP contribution in [0.15, 0.2) is 62.9 Å². The third kappa shape index (κ3) is 3.54. The summed E-state index contributed by atoms with van der Waals surface area (Å²) in [5.41, 5.74) is 1.28. The third-order valence-corrected chi connectivity index (χ3v) is 4.96. The quantitative estimate of drug-likeness (QED) is 0.645. The first-order valence-corrected chi connectivity index (χ1v) is 9.00. The van der Waals surface area contributed by atoms with Crippen molar-refractivity contribution in [2.75, 3.05) is 20.3 Å².